The third-order valence-corrected chi connectivity index (χ3v) is 6.30. The van der Waals surface area contributed by atoms with Crippen molar-refractivity contribution in [1.82, 2.24) is 20.1 Å². The molecule has 0 aliphatic carbocycles. The molecule has 0 saturated heterocycles. The first-order chi connectivity index (χ1) is 19.0. The number of primary amides is 1. The number of aliphatic hydroxyl groups excluding tert-OH is 1. The van der Waals surface area contributed by atoms with E-state index in [2.05, 4.69) is 10.3 Å². The van der Waals surface area contributed by atoms with Gasteiger partial charge < -0.3 is 20.9 Å². The van der Waals surface area contributed by atoms with Crippen LogP contribution in [0.5, 0.6) is 5.88 Å². The molecule has 0 fully saturated rings. The Balaban J connectivity index is 1.47. The first-order valence-electron chi connectivity index (χ1n) is 12.6. The second kappa shape index (κ2) is 13.5. The first kappa shape index (κ1) is 27.8. The number of halogens is 1. The van der Waals surface area contributed by atoms with E-state index in [-0.39, 0.29) is 25.5 Å². The zero-order valence-corrected chi connectivity index (χ0v) is 22.1. The standard InChI is InChI=1S/C29H30ClN5O4/c30-22-10-12-23(13-11-22)35-29(24(14-16-36)27(34-35)21-8-4-15-32-19-21)39-17-5-9-26(37)33-25(28(31)38)18-20-6-2-1-3-7-20/h1-4,6-8,10-13,15,19,25,36H,5,9,14,16-18H2,(H2,31,38)(H,33,37)/t25-/m0/s1. The molecule has 2 amide bonds. The Morgan fingerprint density at radius 3 is 2.51 bits per heavy atom. The number of ether oxygens (including phenoxy) is 1. The van der Waals surface area contributed by atoms with Crippen molar-refractivity contribution in [1.29, 1.82) is 0 Å². The second-order valence-corrected chi connectivity index (χ2v) is 9.34. The molecule has 10 heteroatoms. The second-order valence-electron chi connectivity index (χ2n) is 8.90. The highest BCUT2D eigenvalue weighted by molar-refractivity contribution is 6.30. The zero-order valence-electron chi connectivity index (χ0n) is 21.3. The monoisotopic (exact) mass is 547 g/mol. The van der Waals surface area contributed by atoms with Gasteiger partial charge in [0.1, 0.15) is 11.7 Å². The van der Waals surface area contributed by atoms with Gasteiger partial charge in [0, 0.05) is 54.4 Å². The van der Waals surface area contributed by atoms with Crippen LogP contribution in [0.15, 0.2) is 79.1 Å². The lowest BCUT2D eigenvalue weighted by molar-refractivity contribution is -0.127. The maximum absolute atomic E-state index is 12.6. The van der Waals surface area contributed by atoms with Crippen molar-refractivity contribution < 1.29 is 19.4 Å². The van der Waals surface area contributed by atoms with Gasteiger partial charge in [-0.05, 0) is 48.4 Å². The quantitative estimate of drug-likeness (QED) is 0.219. The van der Waals surface area contributed by atoms with E-state index < -0.39 is 11.9 Å². The molecular formula is C29H30ClN5O4. The SMILES string of the molecule is NC(=O)[C@H](Cc1ccccc1)NC(=O)CCCOc1c(CCO)c(-c2cccnc2)nn1-c1ccc(Cl)cc1. The molecule has 0 aliphatic heterocycles. The van der Waals surface area contributed by atoms with Gasteiger partial charge in [-0.1, -0.05) is 41.9 Å². The lowest BCUT2D eigenvalue weighted by Gasteiger charge is -2.16. The normalized spacial score (nSPS) is 11.6. The Kier molecular flexibility index (Phi) is 9.66. The maximum atomic E-state index is 12.6. The molecule has 4 rings (SSSR count). The summed E-state index contributed by atoms with van der Waals surface area (Å²) in [5.74, 6) is -0.423. The third-order valence-electron chi connectivity index (χ3n) is 6.05. The Labute approximate surface area is 231 Å². The number of hydrogen-bond donors (Lipinski definition) is 3. The molecule has 2 aromatic carbocycles. The van der Waals surface area contributed by atoms with Crippen LogP contribution < -0.4 is 15.8 Å². The molecule has 0 aliphatic rings. The summed E-state index contributed by atoms with van der Waals surface area (Å²) in [4.78, 5) is 28.7. The number of benzene rings is 2. The number of rotatable bonds is 13. The van der Waals surface area contributed by atoms with Gasteiger partial charge in [0.05, 0.1) is 12.3 Å². The van der Waals surface area contributed by atoms with E-state index in [0.717, 1.165) is 22.4 Å². The minimum atomic E-state index is -0.801. The van der Waals surface area contributed by atoms with E-state index >= 15 is 0 Å². The van der Waals surface area contributed by atoms with E-state index in [1.165, 1.54) is 0 Å². The van der Waals surface area contributed by atoms with Crippen molar-refractivity contribution in [3.63, 3.8) is 0 Å². The lowest BCUT2D eigenvalue weighted by Crippen LogP contribution is -2.45. The molecule has 0 bridgehead atoms. The highest BCUT2D eigenvalue weighted by atomic mass is 35.5. The summed E-state index contributed by atoms with van der Waals surface area (Å²) in [6.45, 7) is 0.103. The number of amides is 2. The summed E-state index contributed by atoms with van der Waals surface area (Å²) in [7, 11) is 0. The number of nitrogens with one attached hydrogen (secondary N) is 1. The van der Waals surface area contributed by atoms with Crippen LogP contribution in [0.1, 0.15) is 24.0 Å². The zero-order chi connectivity index (χ0) is 27.6. The van der Waals surface area contributed by atoms with Gasteiger partial charge in [-0.25, -0.2) is 4.68 Å². The fourth-order valence-corrected chi connectivity index (χ4v) is 4.28. The fourth-order valence-electron chi connectivity index (χ4n) is 4.15. The molecule has 2 heterocycles. The number of nitrogens with zero attached hydrogens (tertiary/aromatic N) is 3. The molecule has 4 aromatic rings. The molecule has 9 nitrogen and oxygen atoms in total. The molecule has 0 spiro atoms. The minimum absolute atomic E-state index is 0.103. The van der Waals surface area contributed by atoms with E-state index in [9.17, 15) is 14.7 Å². The predicted octanol–water partition coefficient (Wildman–Crippen LogP) is 3.49. The van der Waals surface area contributed by atoms with Crippen molar-refractivity contribution in [2.24, 2.45) is 5.73 Å². The highest BCUT2D eigenvalue weighted by Crippen LogP contribution is 2.33. The molecule has 2 aromatic heterocycles. The van der Waals surface area contributed by atoms with Crippen LogP contribution in [0.4, 0.5) is 0 Å². The number of carbonyl (C=O) groups is 2. The lowest BCUT2D eigenvalue weighted by atomic mass is 10.1. The molecule has 0 unspecified atom stereocenters. The predicted molar refractivity (Wildman–Crippen MR) is 149 cm³/mol. The van der Waals surface area contributed by atoms with E-state index in [0.29, 0.717) is 35.9 Å². The van der Waals surface area contributed by atoms with Gasteiger partial charge in [-0.2, -0.15) is 5.10 Å². The highest BCUT2D eigenvalue weighted by Gasteiger charge is 2.22. The number of hydrogen-bond acceptors (Lipinski definition) is 6. The molecule has 1 atom stereocenters. The van der Waals surface area contributed by atoms with Gasteiger partial charge in [0.25, 0.3) is 0 Å². The van der Waals surface area contributed by atoms with Crippen LogP contribution in [-0.2, 0) is 22.4 Å². The molecule has 0 radical (unpaired) electrons. The average Bonchev–Trinajstić information content (AvgIpc) is 3.30. The van der Waals surface area contributed by atoms with Crippen LogP contribution in [0.25, 0.3) is 16.9 Å². The van der Waals surface area contributed by atoms with Crippen LogP contribution in [0, 0.1) is 0 Å². The topological polar surface area (TPSA) is 132 Å². The molecule has 4 N–H and O–H groups in total. The summed E-state index contributed by atoms with van der Waals surface area (Å²) < 4.78 is 7.83. The Bertz CT molecular complexity index is 1380. The van der Waals surface area contributed by atoms with Crippen molar-refractivity contribution in [3.8, 4) is 22.8 Å². The van der Waals surface area contributed by atoms with E-state index in [4.69, 9.17) is 27.2 Å². The van der Waals surface area contributed by atoms with Crippen LogP contribution in [-0.4, -0.2) is 50.9 Å². The number of aromatic nitrogens is 3. The van der Waals surface area contributed by atoms with Gasteiger partial charge >= 0.3 is 0 Å². The largest absolute Gasteiger partial charge is 0.477 e. The number of aliphatic hydroxyl groups is 1. The van der Waals surface area contributed by atoms with Crippen LogP contribution >= 0.6 is 11.6 Å². The minimum Gasteiger partial charge on any atom is -0.477 e. The van der Waals surface area contributed by atoms with Gasteiger partial charge in [0.15, 0.2) is 0 Å². The van der Waals surface area contributed by atoms with Gasteiger partial charge in [-0.15, -0.1) is 0 Å². The Morgan fingerprint density at radius 1 is 1.08 bits per heavy atom. The van der Waals surface area contributed by atoms with Crippen molar-refractivity contribution in [2.75, 3.05) is 13.2 Å². The van der Waals surface area contributed by atoms with Crippen LogP contribution in [0.2, 0.25) is 5.02 Å². The summed E-state index contributed by atoms with van der Waals surface area (Å²) in [6, 6.07) is 19.4. The first-order valence-corrected chi connectivity index (χ1v) is 13.0. The molecular weight excluding hydrogens is 518 g/mol. The van der Waals surface area contributed by atoms with Crippen molar-refractivity contribution >= 4 is 23.4 Å². The van der Waals surface area contributed by atoms with Gasteiger partial charge in [-0.3, -0.25) is 14.6 Å². The van der Waals surface area contributed by atoms with Crippen LogP contribution in [0.3, 0.4) is 0 Å². The third kappa shape index (κ3) is 7.43. The summed E-state index contributed by atoms with van der Waals surface area (Å²) in [5.41, 5.74) is 9.30. The Morgan fingerprint density at radius 2 is 1.85 bits per heavy atom. The average molecular weight is 548 g/mol. The van der Waals surface area contributed by atoms with E-state index in [1.807, 2.05) is 54.6 Å². The Hall–Kier alpha value is -4.21. The number of nitrogens with two attached hydrogens (primary N) is 1. The number of carbonyl (C=O) groups excluding carboxylic acids is 2. The summed E-state index contributed by atoms with van der Waals surface area (Å²) in [6.07, 6.45) is 4.53. The molecule has 39 heavy (non-hydrogen) atoms. The fraction of sp³-hybridized carbons (Fsp3) is 0.241. The van der Waals surface area contributed by atoms with Gasteiger partial charge in [0.2, 0.25) is 17.7 Å². The van der Waals surface area contributed by atoms with Crippen molar-refractivity contribution in [3.05, 3.63) is 95.3 Å². The van der Waals surface area contributed by atoms with E-state index in [1.54, 1.807) is 29.2 Å². The number of pyridine rings is 1. The smallest absolute Gasteiger partial charge is 0.240 e. The summed E-state index contributed by atoms with van der Waals surface area (Å²) >= 11 is 6.08. The summed E-state index contributed by atoms with van der Waals surface area (Å²) in [5, 5.41) is 17.9. The molecule has 202 valence electrons. The maximum Gasteiger partial charge on any atom is 0.240 e. The van der Waals surface area contributed by atoms with Crippen molar-refractivity contribution in [2.45, 2.75) is 31.7 Å². The molecule has 0 saturated carbocycles.